The highest BCUT2D eigenvalue weighted by molar-refractivity contribution is 6.10. The predicted molar refractivity (Wildman–Crippen MR) is 126 cm³/mol. The summed E-state index contributed by atoms with van der Waals surface area (Å²) in [5.74, 6) is -0.0748. The summed E-state index contributed by atoms with van der Waals surface area (Å²) in [6, 6.07) is 7.29. The lowest BCUT2D eigenvalue weighted by molar-refractivity contribution is -0.135. The van der Waals surface area contributed by atoms with E-state index in [1.54, 1.807) is 0 Å². The highest BCUT2D eigenvalue weighted by Gasteiger charge is 2.53. The van der Waals surface area contributed by atoms with Crippen LogP contribution in [0.25, 0.3) is 0 Å². The minimum Gasteiger partial charge on any atom is -0.370 e. The van der Waals surface area contributed by atoms with Gasteiger partial charge in [0.2, 0.25) is 5.91 Å². The zero-order chi connectivity index (χ0) is 22.9. The molecule has 2 saturated heterocycles. The largest absolute Gasteiger partial charge is 0.370 e. The van der Waals surface area contributed by atoms with Crippen LogP contribution in [0.3, 0.4) is 0 Å². The van der Waals surface area contributed by atoms with Crippen molar-refractivity contribution in [2.24, 2.45) is 11.3 Å². The van der Waals surface area contributed by atoms with Crippen LogP contribution in [0.15, 0.2) is 24.3 Å². The normalized spacial score (nSPS) is 26.4. The SMILES string of the molecule is CC(C)(C)C1CCC2(CC1)NC(=O)N(CC(=O)Nc1ccccc1N1CCCCC1)C2=O. The van der Waals surface area contributed by atoms with Crippen LogP contribution in [-0.2, 0) is 9.59 Å². The third kappa shape index (κ3) is 4.48. The van der Waals surface area contributed by atoms with E-state index in [2.05, 4.69) is 36.3 Å². The van der Waals surface area contributed by atoms with E-state index >= 15 is 0 Å². The van der Waals surface area contributed by atoms with Gasteiger partial charge in [-0.05, 0) is 68.4 Å². The number of imide groups is 1. The minimum absolute atomic E-state index is 0.189. The van der Waals surface area contributed by atoms with Gasteiger partial charge in [-0.25, -0.2) is 4.79 Å². The number of carbonyl (C=O) groups is 3. The number of anilines is 2. The van der Waals surface area contributed by atoms with Crippen molar-refractivity contribution in [3.63, 3.8) is 0 Å². The number of carbonyl (C=O) groups excluding carboxylic acids is 3. The summed E-state index contributed by atoms with van der Waals surface area (Å²) >= 11 is 0. The van der Waals surface area contributed by atoms with Crippen LogP contribution >= 0.6 is 0 Å². The third-order valence-corrected chi connectivity index (χ3v) is 7.49. The monoisotopic (exact) mass is 440 g/mol. The molecule has 7 heteroatoms. The Hall–Kier alpha value is -2.57. The Labute approximate surface area is 190 Å². The standard InChI is InChI=1S/C25H36N4O3/c1-24(2,3)18-11-13-25(14-12-18)22(31)29(23(32)27-25)17-21(30)26-19-9-5-6-10-20(19)28-15-7-4-8-16-28/h5-6,9-10,18H,4,7-8,11-17H2,1-3H3,(H,26,30)(H,27,32). The predicted octanol–water partition coefficient (Wildman–Crippen LogP) is 4.14. The first kappa shape index (κ1) is 22.6. The summed E-state index contributed by atoms with van der Waals surface area (Å²) in [5, 5.41) is 5.86. The molecule has 4 rings (SSSR count). The van der Waals surface area contributed by atoms with Gasteiger partial charge in [0.15, 0.2) is 0 Å². The molecule has 0 atom stereocenters. The number of nitrogens with one attached hydrogen (secondary N) is 2. The molecule has 1 saturated carbocycles. The molecular weight excluding hydrogens is 404 g/mol. The Morgan fingerprint density at radius 1 is 1.09 bits per heavy atom. The van der Waals surface area contributed by atoms with Gasteiger partial charge in [0, 0.05) is 13.1 Å². The number of urea groups is 1. The Kier molecular flexibility index (Phi) is 6.19. The van der Waals surface area contributed by atoms with Gasteiger partial charge in [-0.15, -0.1) is 0 Å². The topological polar surface area (TPSA) is 81.8 Å². The number of nitrogens with zero attached hydrogens (tertiary/aromatic N) is 2. The average Bonchev–Trinajstić information content (AvgIpc) is 2.98. The molecular formula is C25H36N4O3. The van der Waals surface area contributed by atoms with Crippen molar-refractivity contribution in [2.45, 2.75) is 71.3 Å². The summed E-state index contributed by atoms with van der Waals surface area (Å²) in [6.07, 6.45) is 6.59. The molecule has 7 nitrogen and oxygen atoms in total. The molecule has 3 fully saturated rings. The Morgan fingerprint density at radius 3 is 2.41 bits per heavy atom. The van der Waals surface area contributed by atoms with E-state index in [-0.39, 0.29) is 23.8 Å². The van der Waals surface area contributed by atoms with Crippen LogP contribution in [0.4, 0.5) is 16.2 Å². The molecule has 174 valence electrons. The molecule has 1 aromatic rings. The molecule has 1 spiro atoms. The van der Waals surface area contributed by atoms with E-state index in [0.717, 1.165) is 55.0 Å². The van der Waals surface area contributed by atoms with E-state index in [4.69, 9.17) is 0 Å². The van der Waals surface area contributed by atoms with Gasteiger partial charge in [0.25, 0.3) is 5.91 Å². The molecule has 0 bridgehead atoms. The molecule has 0 aromatic heterocycles. The highest BCUT2D eigenvalue weighted by atomic mass is 16.2. The molecule has 2 N–H and O–H groups in total. The average molecular weight is 441 g/mol. The molecule has 2 aliphatic heterocycles. The van der Waals surface area contributed by atoms with Crippen LogP contribution in [-0.4, -0.2) is 47.9 Å². The molecule has 4 amide bonds. The number of benzene rings is 1. The molecule has 1 aliphatic carbocycles. The van der Waals surface area contributed by atoms with Crippen molar-refractivity contribution < 1.29 is 14.4 Å². The maximum absolute atomic E-state index is 13.2. The first-order valence-electron chi connectivity index (χ1n) is 12.0. The minimum atomic E-state index is -0.842. The van der Waals surface area contributed by atoms with Gasteiger partial charge in [0.05, 0.1) is 11.4 Å². The van der Waals surface area contributed by atoms with Crippen molar-refractivity contribution >= 4 is 29.2 Å². The van der Waals surface area contributed by atoms with Crippen LogP contribution in [0.2, 0.25) is 0 Å². The Bertz CT molecular complexity index is 877. The maximum atomic E-state index is 13.2. The van der Waals surface area contributed by atoms with Crippen molar-refractivity contribution in [1.29, 1.82) is 0 Å². The number of amides is 4. The van der Waals surface area contributed by atoms with E-state index in [1.807, 2.05) is 24.3 Å². The van der Waals surface area contributed by atoms with Gasteiger partial charge in [-0.3, -0.25) is 14.5 Å². The van der Waals surface area contributed by atoms with Gasteiger partial charge < -0.3 is 15.5 Å². The van der Waals surface area contributed by atoms with Gasteiger partial charge >= 0.3 is 6.03 Å². The quantitative estimate of drug-likeness (QED) is 0.690. The first-order chi connectivity index (χ1) is 15.2. The molecule has 3 aliphatic rings. The maximum Gasteiger partial charge on any atom is 0.325 e. The summed E-state index contributed by atoms with van der Waals surface area (Å²) in [7, 11) is 0. The molecule has 32 heavy (non-hydrogen) atoms. The van der Waals surface area contributed by atoms with Crippen LogP contribution in [0, 0.1) is 11.3 Å². The van der Waals surface area contributed by atoms with E-state index < -0.39 is 11.6 Å². The van der Waals surface area contributed by atoms with Crippen LogP contribution < -0.4 is 15.5 Å². The number of hydrogen-bond donors (Lipinski definition) is 2. The number of hydrogen-bond acceptors (Lipinski definition) is 4. The van der Waals surface area contributed by atoms with Gasteiger partial charge in [-0.1, -0.05) is 32.9 Å². The fourth-order valence-electron chi connectivity index (χ4n) is 5.46. The summed E-state index contributed by atoms with van der Waals surface area (Å²) in [5.41, 5.74) is 1.07. The van der Waals surface area contributed by atoms with Gasteiger partial charge in [-0.2, -0.15) is 0 Å². The van der Waals surface area contributed by atoms with E-state index in [1.165, 1.54) is 6.42 Å². The third-order valence-electron chi connectivity index (χ3n) is 7.49. The summed E-state index contributed by atoms with van der Waals surface area (Å²) in [4.78, 5) is 42.1. The van der Waals surface area contributed by atoms with Crippen molar-refractivity contribution in [3.05, 3.63) is 24.3 Å². The lowest BCUT2D eigenvalue weighted by Gasteiger charge is -2.40. The second-order valence-electron chi connectivity index (χ2n) is 10.7. The number of piperidine rings is 1. The zero-order valence-corrected chi connectivity index (χ0v) is 19.6. The summed E-state index contributed by atoms with van der Waals surface area (Å²) < 4.78 is 0. The van der Waals surface area contributed by atoms with Gasteiger partial charge in [0.1, 0.15) is 12.1 Å². The molecule has 0 radical (unpaired) electrons. The van der Waals surface area contributed by atoms with Crippen LogP contribution in [0.5, 0.6) is 0 Å². The zero-order valence-electron chi connectivity index (χ0n) is 19.6. The van der Waals surface area contributed by atoms with E-state index in [9.17, 15) is 14.4 Å². The molecule has 0 unspecified atom stereocenters. The highest BCUT2D eigenvalue weighted by Crippen LogP contribution is 2.43. The van der Waals surface area contributed by atoms with Crippen molar-refractivity contribution in [2.75, 3.05) is 29.9 Å². The molecule has 2 heterocycles. The number of para-hydroxylation sites is 2. The van der Waals surface area contributed by atoms with E-state index in [0.29, 0.717) is 18.8 Å². The smallest absolute Gasteiger partial charge is 0.325 e. The molecule has 1 aromatic carbocycles. The van der Waals surface area contributed by atoms with Crippen LogP contribution in [0.1, 0.15) is 65.7 Å². The van der Waals surface area contributed by atoms with Crippen molar-refractivity contribution in [3.8, 4) is 0 Å². The Balaban J connectivity index is 1.40. The summed E-state index contributed by atoms with van der Waals surface area (Å²) in [6.45, 7) is 8.36. The Morgan fingerprint density at radius 2 is 1.75 bits per heavy atom. The first-order valence-corrected chi connectivity index (χ1v) is 12.0. The fraction of sp³-hybridized carbons (Fsp3) is 0.640. The number of rotatable bonds is 4. The second-order valence-corrected chi connectivity index (χ2v) is 10.7. The lowest BCUT2D eigenvalue weighted by Crippen LogP contribution is -2.51. The fourth-order valence-corrected chi connectivity index (χ4v) is 5.46. The lowest BCUT2D eigenvalue weighted by atomic mass is 9.67. The van der Waals surface area contributed by atoms with Crippen molar-refractivity contribution in [1.82, 2.24) is 10.2 Å². The second kappa shape index (κ2) is 8.75.